The van der Waals surface area contributed by atoms with Crippen molar-refractivity contribution in [2.45, 2.75) is 45.6 Å². The molecule has 1 unspecified atom stereocenters. The van der Waals surface area contributed by atoms with E-state index in [9.17, 15) is 4.79 Å². The van der Waals surface area contributed by atoms with Crippen molar-refractivity contribution < 1.29 is 9.53 Å². The molecule has 1 atom stereocenters. The average molecular weight is 306 g/mol. The normalized spacial score (nSPS) is 12.8. The minimum absolute atomic E-state index is 0.271. The van der Waals surface area contributed by atoms with E-state index in [2.05, 4.69) is 36.5 Å². The molecular weight excluding hydrogens is 276 g/mol. The van der Waals surface area contributed by atoms with Gasteiger partial charge in [0.05, 0.1) is 0 Å². The Morgan fingerprint density at radius 1 is 1.23 bits per heavy atom. The Labute approximate surface area is 134 Å². The predicted molar refractivity (Wildman–Crippen MR) is 91.2 cm³/mol. The van der Waals surface area contributed by atoms with Gasteiger partial charge in [-0.2, -0.15) is 0 Å². The van der Waals surface area contributed by atoms with Crippen LogP contribution in [0.15, 0.2) is 30.3 Å². The van der Waals surface area contributed by atoms with Gasteiger partial charge in [0.15, 0.2) is 0 Å². The van der Waals surface area contributed by atoms with E-state index < -0.39 is 5.60 Å². The summed E-state index contributed by atoms with van der Waals surface area (Å²) in [6, 6.07) is 10.5. The van der Waals surface area contributed by atoms with Crippen LogP contribution >= 0.6 is 0 Å². The monoisotopic (exact) mass is 306 g/mol. The number of carbonyl (C=O) groups is 1. The van der Waals surface area contributed by atoms with Crippen LogP contribution < -0.4 is 5.32 Å². The number of carbonyl (C=O) groups excluding carboxylic acids is 1. The zero-order chi connectivity index (χ0) is 16.6. The third-order valence-corrected chi connectivity index (χ3v) is 3.45. The second kappa shape index (κ2) is 8.79. The Hall–Kier alpha value is -1.55. The molecule has 0 aliphatic rings. The molecule has 0 saturated carbocycles. The van der Waals surface area contributed by atoms with E-state index in [0.717, 1.165) is 19.5 Å². The van der Waals surface area contributed by atoms with E-state index in [1.54, 1.807) is 11.9 Å². The van der Waals surface area contributed by atoms with Crippen molar-refractivity contribution in [3.63, 3.8) is 0 Å². The summed E-state index contributed by atoms with van der Waals surface area (Å²) in [4.78, 5) is 13.4. The highest BCUT2D eigenvalue weighted by molar-refractivity contribution is 5.67. The molecule has 0 aromatic heterocycles. The van der Waals surface area contributed by atoms with Gasteiger partial charge in [0.25, 0.3) is 0 Å². The summed E-state index contributed by atoms with van der Waals surface area (Å²) in [5, 5.41) is 3.39. The van der Waals surface area contributed by atoms with Gasteiger partial charge in [-0.05, 0) is 45.2 Å². The van der Waals surface area contributed by atoms with E-state index in [1.165, 1.54) is 5.56 Å². The molecule has 1 amide bonds. The molecule has 4 nitrogen and oxygen atoms in total. The summed E-state index contributed by atoms with van der Waals surface area (Å²) in [6.45, 7) is 10.2. The topological polar surface area (TPSA) is 41.6 Å². The van der Waals surface area contributed by atoms with Crippen molar-refractivity contribution in [1.29, 1.82) is 0 Å². The zero-order valence-electron chi connectivity index (χ0n) is 14.6. The van der Waals surface area contributed by atoms with E-state index in [0.29, 0.717) is 12.5 Å². The van der Waals surface area contributed by atoms with Crippen molar-refractivity contribution >= 4 is 6.09 Å². The Kier molecular flexibility index (Phi) is 7.39. The summed E-state index contributed by atoms with van der Waals surface area (Å²) in [7, 11) is 1.77. The van der Waals surface area contributed by atoms with Crippen molar-refractivity contribution in [3.8, 4) is 0 Å². The van der Waals surface area contributed by atoms with Gasteiger partial charge < -0.3 is 15.0 Å². The molecule has 0 radical (unpaired) electrons. The number of benzene rings is 1. The van der Waals surface area contributed by atoms with Crippen LogP contribution in [-0.4, -0.2) is 43.3 Å². The first-order valence-electron chi connectivity index (χ1n) is 7.99. The molecule has 0 bridgehead atoms. The molecule has 0 heterocycles. The Morgan fingerprint density at radius 2 is 1.86 bits per heavy atom. The molecule has 0 aliphatic carbocycles. The molecule has 0 spiro atoms. The lowest BCUT2D eigenvalue weighted by molar-refractivity contribution is 0.0300. The quantitative estimate of drug-likeness (QED) is 0.782. The van der Waals surface area contributed by atoms with E-state index >= 15 is 0 Å². The van der Waals surface area contributed by atoms with E-state index in [-0.39, 0.29) is 6.09 Å². The molecule has 1 N–H and O–H groups in total. The van der Waals surface area contributed by atoms with E-state index in [4.69, 9.17) is 4.74 Å². The van der Waals surface area contributed by atoms with Crippen LogP contribution in [0.25, 0.3) is 0 Å². The van der Waals surface area contributed by atoms with Gasteiger partial charge in [-0.15, -0.1) is 0 Å². The Bertz CT molecular complexity index is 440. The first-order chi connectivity index (χ1) is 10.3. The molecule has 0 aliphatic heterocycles. The van der Waals surface area contributed by atoms with Crippen molar-refractivity contribution in [2.75, 3.05) is 26.7 Å². The van der Waals surface area contributed by atoms with Crippen LogP contribution in [0.2, 0.25) is 0 Å². The first kappa shape index (κ1) is 18.5. The summed E-state index contributed by atoms with van der Waals surface area (Å²) < 4.78 is 5.31. The molecule has 0 saturated heterocycles. The van der Waals surface area contributed by atoms with Crippen LogP contribution in [-0.2, 0) is 4.74 Å². The molecule has 1 aromatic carbocycles. The number of likely N-dealkylation sites (N-methyl/N-ethyl adjacent to an activating group) is 1. The predicted octanol–water partition coefficient (Wildman–Crippen LogP) is 3.64. The molecule has 124 valence electrons. The highest BCUT2D eigenvalue weighted by atomic mass is 16.6. The minimum Gasteiger partial charge on any atom is -0.444 e. The van der Waals surface area contributed by atoms with Crippen LogP contribution in [0.3, 0.4) is 0 Å². The fraction of sp³-hybridized carbons (Fsp3) is 0.611. The van der Waals surface area contributed by atoms with Crippen molar-refractivity contribution in [2.24, 2.45) is 0 Å². The van der Waals surface area contributed by atoms with E-state index in [1.807, 2.05) is 26.8 Å². The summed E-state index contributed by atoms with van der Waals surface area (Å²) >= 11 is 0. The molecular formula is C18H30N2O2. The van der Waals surface area contributed by atoms with Crippen LogP contribution in [0.5, 0.6) is 0 Å². The van der Waals surface area contributed by atoms with Crippen LogP contribution in [0, 0.1) is 0 Å². The second-order valence-corrected chi connectivity index (χ2v) is 6.75. The molecule has 1 rings (SSSR count). The van der Waals surface area contributed by atoms with Gasteiger partial charge >= 0.3 is 6.09 Å². The van der Waals surface area contributed by atoms with Gasteiger partial charge in [-0.1, -0.05) is 37.3 Å². The Balaban J connectivity index is 2.16. The molecule has 4 heteroatoms. The number of amides is 1. The second-order valence-electron chi connectivity index (χ2n) is 6.75. The van der Waals surface area contributed by atoms with Gasteiger partial charge in [0.1, 0.15) is 5.60 Å². The first-order valence-corrected chi connectivity index (χ1v) is 7.99. The van der Waals surface area contributed by atoms with Gasteiger partial charge in [0, 0.05) is 20.1 Å². The lowest BCUT2D eigenvalue weighted by Crippen LogP contribution is -2.38. The largest absolute Gasteiger partial charge is 0.444 e. The zero-order valence-corrected chi connectivity index (χ0v) is 14.6. The maximum Gasteiger partial charge on any atom is 0.410 e. The highest BCUT2D eigenvalue weighted by Gasteiger charge is 2.19. The lowest BCUT2D eigenvalue weighted by atomic mass is 9.98. The third kappa shape index (κ3) is 7.46. The Morgan fingerprint density at radius 3 is 2.45 bits per heavy atom. The average Bonchev–Trinajstić information content (AvgIpc) is 2.45. The highest BCUT2D eigenvalue weighted by Crippen LogP contribution is 2.17. The SMILES string of the molecule is CC(CCNCCN(C)C(=O)OC(C)(C)C)c1ccccc1. The molecule has 22 heavy (non-hydrogen) atoms. The van der Waals surface area contributed by atoms with Gasteiger partial charge in [-0.3, -0.25) is 0 Å². The van der Waals surface area contributed by atoms with Crippen LogP contribution in [0.4, 0.5) is 4.79 Å². The summed E-state index contributed by atoms with van der Waals surface area (Å²) in [5.74, 6) is 0.539. The number of nitrogens with one attached hydrogen (secondary N) is 1. The number of hydrogen-bond donors (Lipinski definition) is 1. The molecule has 0 fully saturated rings. The fourth-order valence-electron chi connectivity index (χ4n) is 2.07. The number of ether oxygens (including phenoxy) is 1. The van der Waals surface area contributed by atoms with Gasteiger partial charge in [-0.25, -0.2) is 4.79 Å². The number of nitrogens with zero attached hydrogens (tertiary/aromatic N) is 1. The summed E-state index contributed by atoms with van der Waals surface area (Å²) in [6.07, 6.45) is 0.812. The van der Waals surface area contributed by atoms with Crippen LogP contribution in [0.1, 0.15) is 45.6 Å². The van der Waals surface area contributed by atoms with Gasteiger partial charge in [0.2, 0.25) is 0 Å². The van der Waals surface area contributed by atoms with Crippen molar-refractivity contribution in [1.82, 2.24) is 10.2 Å². The number of rotatable bonds is 7. The maximum absolute atomic E-state index is 11.8. The third-order valence-electron chi connectivity index (χ3n) is 3.45. The molecule has 1 aromatic rings. The summed E-state index contributed by atoms with van der Waals surface area (Å²) in [5.41, 5.74) is 0.930. The maximum atomic E-state index is 11.8. The lowest BCUT2D eigenvalue weighted by Gasteiger charge is -2.24. The standard InChI is InChI=1S/C18H30N2O2/c1-15(16-9-7-6-8-10-16)11-12-19-13-14-20(5)17(21)22-18(2,3)4/h6-10,15,19H,11-14H2,1-5H3. The fourth-order valence-corrected chi connectivity index (χ4v) is 2.07. The smallest absolute Gasteiger partial charge is 0.410 e. The minimum atomic E-state index is -0.441. The van der Waals surface area contributed by atoms with Crippen molar-refractivity contribution in [3.05, 3.63) is 35.9 Å². The number of hydrogen-bond acceptors (Lipinski definition) is 3.